The van der Waals surface area contributed by atoms with Gasteiger partial charge in [0.15, 0.2) is 0 Å². The molecule has 0 spiro atoms. The van der Waals surface area contributed by atoms with Gasteiger partial charge in [-0.05, 0) is 40.0 Å². The molecule has 0 aromatic heterocycles. The van der Waals surface area contributed by atoms with Gasteiger partial charge in [0.1, 0.15) is 0 Å². The highest BCUT2D eigenvalue weighted by Crippen LogP contribution is 2.34. The van der Waals surface area contributed by atoms with Gasteiger partial charge in [-0.3, -0.25) is 0 Å². The molecule has 3 N–H and O–H groups in total. The molecule has 27 heavy (non-hydrogen) atoms. The van der Waals surface area contributed by atoms with Crippen LogP contribution in [0.4, 0.5) is 4.79 Å². The van der Waals surface area contributed by atoms with Crippen LogP contribution < -0.4 is 11.1 Å². The zero-order valence-electron chi connectivity index (χ0n) is 18.2. The van der Waals surface area contributed by atoms with E-state index in [1.165, 1.54) is 32.1 Å². The SMILES string of the molecule is CCCCCCCCC(CCCCNC(N)=O)C(OCC)(OCC)OCC. The van der Waals surface area contributed by atoms with E-state index in [0.29, 0.717) is 26.4 Å². The van der Waals surface area contributed by atoms with Gasteiger partial charge in [0.05, 0.1) is 0 Å². The second kappa shape index (κ2) is 17.3. The summed E-state index contributed by atoms with van der Waals surface area (Å²) in [5.41, 5.74) is 5.13. The number of urea groups is 1. The summed E-state index contributed by atoms with van der Waals surface area (Å²) in [5.74, 6) is -0.782. The maximum atomic E-state index is 10.8. The number of unbranched alkanes of at least 4 members (excludes halogenated alkanes) is 6. The Kier molecular flexibility index (Phi) is 16.7. The van der Waals surface area contributed by atoms with E-state index in [9.17, 15) is 4.79 Å². The molecule has 0 saturated carbocycles. The van der Waals surface area contributed by atoms with Gasteiger partial charge >= 0.3 is 6.03 Å². The fourth-order valence-electron chi connectivity index (χ4n) is 3.48. The lowest BCUT2D eigenvalue weighted by atomic mass is 9.92. The van der Waals surface area contributed by atoms with Gasteiger partial charge in [0, 0.05) is 32.3 Å². The fourth-order valence-corrected chi connectivity index (χ4v) is 3.48. The number of amides is 2. The van der Waals surface area contributed by atoms with E-state index in [4.69, 9.17) is 19.9 Å². The molecule has 0 radical (unpaired) electrons. The summed E-state index contributed by atoms with van der Waals surface area (Å²) in [6.45, 7) is 10.4. The number of hydrogen-bond acceptors (Lipinski definition) is 4. The zero-order valence-corrected chi connectivity index (χ0v) is 18.2. The Morgan fingerprint density at radius 1 is 0.815 bits per heavy atom. The molecule has 0 aromatic rings. The Morgan fingerprint density at radius 3 is 1.78 bits per heavy atom. The number of nitrogens with one attached hydrogen (secondary N) is 1. The minimum atomic E-state index is -0.960. The van der Waals surface area contributed by atoms with Crippen LogP contribution in [-0.4, -0.2) is 38.4 Å². The number of hydrogen-bond donors (Lipinski definition) is 2. The summed E-state index contributed by atoms with van der Waals surface area (Å²) in [5, 5.41) is 2.65. The molecule has 2 amide bonds. The second-order valence-electron chi connectivity index (χ2n) is 6.94. The largest absolute Gasteiger partial charge is 0.352 e. The van der Waals surface area contributed by atoms with Crippen LogP contribution in [0.25, 0.3) is 0 Å². The first-order valence-corrected chi connectivity index (χ1v) is 11.0. The quantitative estimate of drug-likeness (QED) is 0.242. The Hall–Kier alpha value is -0.850. The van der Waals surface area contributed by atoms with Gasteiger partial charge in [-0.2, -0.15) is 0 Å². The van der Waals surface area contributed by atoms with Crippen LogP contribution in [0.2, 0.25) is 0 Å². The summed E-state index contributed by atoms with van der Waals surface area (Å²) < 4.78 is 18.1. The standard InChI is InChI=1S/C21H44N2O4/c1-5-9-10-11-12-13-16-19(17-14-15-18-23-20(22)24)21(25-6-2,26-7-3)27-8-4/h19H,5-18H2,1-4H3,(H3,22,23,24). The number of carbonyl (C=O) groups is 1. The molecule has 1 atom stereocenters. The third-order valence-electron chi connectivity index (χ3n) is 4.72. The minimum absolute atomic E-state index is 0.178. The van der Waals surface area contributed by atoms with Gasteiger partial charge in [-0.1, -0.05) is 51.9 Å². The summed E-state index contributed by atoms with van der Waals surface area (Å²) in [6.07, 6.45) is 11.4. The van der Waals surface area contributed by atoms with E-state index < -0.39 is 12.0 Å². The van der Waals surface area contributed by atoms with Gasteiger partial charge in [0.25, 0.3) is 5.97 Å². The lowest BCUT2D eigenvalue weighted by Gasteiger charge is -2.39. The van der Waals surface area contributed by atoms with Crippen LogP contribution in [0.3, 0.4) is 0 Å². The lowest BCUT2D eigenvalue weighted by molar-refractivity contribution is -0.403. The van der Waals surface area contributed by atoms with E-state index in [2.05, 4.69) is 12.2 Å². The van der Waals surface area contributed by atoms with Crippen LogP contribution in [0.15, 0.2) is 0 Å². The molecule has 6 nitrogen and oxygen atoms in total. The Balaban J connectivity index is 4.78. The Morgan fingerprint density at radius 2 is 1.30 bits per heavy atom. The molecule has 0 bridgehead atoms. The van der Waals surface area contributed by atoms with E-state index in [1.807, 2.05) is 20.8 Å². The highest BCUT2D eigenvalue weighted by molar-refractivity contribution is 5.71. The maximum absolute atomic E-state index is 10.8. The number of ether oxygens (including phenoxy) is 3. The van der Waals surface area contributed by atoms with E-state index in [0.717, 1.165) is 32.1 Å². The average Bonchev–Trinajstić information content (AvgIpc) is 2.62. The van der Waals surface area contributed by atoms with Crippen molar-refractivity contribution in [1.82, 2.24) is 5.32 Å². The average molecular weight is 389 g/mol. The van der Waals surface area contributed by atoms with Crippen molar-refractivity contribution in [3.8, 4) is 0 Å². The van der Waals surface area contributed by atoms with Crippen molar-refractivity contribution in [2.24, 2.45) is 11.7 Å². The molecule has 6 heteroatoms. The van der Waals surface area contributed by atoms with Crippen LogP contribution in [0.5, 0.6) is 0 Å². The van der Waals surface area contributed by atoms with Crippen molar-refractivity contribution in [1.29, 1.82) is 0 Å². The second-order valence-corrected chi connectivity index (χ2v) is 6.94. The first-order valence-electron chi connectivity index (χ1n) is 11.0. The first kappa shape index (κ1) is 26.1. The molecule has 162 valence electrons. The lowest BCUT2D eigenvalue weighted by Crippen LogP contribution is -2.47. The number of carbonyl (C=O) groups excluding carboxylic acids is 1. The summed E-state index contributed by atoms with van der Waals surface area (Å²) >= 11 is 0. The molecule has 0 aliphatic heterocycles. The minimum Gasteiger partial charge on any atom is -0.352 e. The summed E-state index contributed by atoms with van der Waals surface area (Å²) in [7, 11) is 0. The third kappa shape index (κ3) is 12.3. The van der Waals surface area contributed by atoms with Gasteiger partial charge < -0.3 is 25.3 Å². The monoisotopic (exact) mass is 388 g/mol. The van der Waals surface area contributed by atoms with Crippen molar-refractivity contribution < 1.29 is 19.0 Å². The van der Waals surface area contributed by atoms with E-state index >= 15 is 0 Å². The molecule has 0 heterocycles. The summed E-state index contributed by atoms with van der Waals surface area (Å²) in [6, 6.07) is -0.467. The number of rotatable bonds is 19. The van der Waals surface area contributed by atoms with Crippen molar-refractivity contribution in [2.75, 3.05) is 26.4 Å². The van der Waals surface area contributed by atoms with E-state index in [1.54, 1.807) is 0 Å². The molecule has 0 rings (SSSR count). The first-order chi connectivity index (χ1) is 13.1. The Labute approximate surface area is 166 Å². The highest BCUT2D eigenvalue weighted by atomic mass is 16.9. The fraction of sp³-hybridized carbons (Fsp3) is 0.952. The molecule has 1 unspecified atom stereocenters. The molecular formula is C21H44N2O4. The van der Waals surface area contributed by atoms with Gasteiger partial charge in [0.2, 0.25) is 0 Å². The molecular weight excluding hydrogens is 344 g/mol. The Bertz CT molecular complexity index is 336. The van der Waals surface area contributed by atoms with Crippen molar-refractivity contribution >= 4 is 6.03 Å². The van der Waals surface area contributed by atoms with E-state index in [-0.39, 0.29) is 5.92 Å². The van der Waals surface area contributed by atoms with Crippen LogP contribution >= 0.6 is 0 Å². The molecule has 0 saturated heterocycles. The van der Waals surface area contributed by atoms with Crippen LogP contribution in [0.1, 0.15) is 91.9 Å². The zero-order chi connectivity index (χ0) is 20.4. The van der Waals surface area contributed by atoms with Crippen molar-refractivity contribution in [3.63, 3.8) is 0 Å². The number of nitrogens with two attached hydrogens (primary N) is 1. The normalized spacial score (nSPS) is 12.9. The molecule has 0 aromatic carbocycles. The maximum Gasteiger partial charge on any atom is 0.312 e. The van der Waals surface area contributed by atoms with Gasteiger partial charge in [-0.15, -0.1) is 0 Å². The predicted octanol–water partition coefficient (Wildman–Crippen LogP) is 4.96. The van der Waals surface area contributed by atoms with Crippen molar-refractivity contribution in [2.45, 2.75) is 97.9 Å². The highest BCUT2D eigenvalue weighted by Gasteiger charge is 2.41. The third-order valence-corrected chi connectivity index (χ3v) is 4.72. The van der Waals surface area contributed by atoms with Crippen LogP contribution in [-0.2, 0) is 14.2 Å². The van der Waals surface area contributed by atoms with Crippen molar-refractivity contribution in [3.05, 3.63) is 0 Å². The van der Waals surface area contributed by atoms with Crippen LogP contribution in [0, 0.1) is 5.92 Å². The number of primary amides is 1. The smallest absolute Gasteiger partial charge is 0.312 e. The molecule has 0 fully saturated rings. The summed E-state index contributed by atoms with van der Waals surface area (Å²) in [4.78, 5) is 10.8. The molecule has 0 aliphatic rings. The predicted molar refractivity (Wildman–Crippen MR) is 111 cm³/mol. The topological polar surface area (TPSA) is 82.8 Å². The van der Waals surface area contributed by atoms with Gasteiger partial charge in [-0.25, -0.2) is 4.79 Å². The molecule has 0 aliphatic carbocycles.